The molecule has 0 bridgehead atoms. The molecular formula is C13H29NO2S. The summed E-state index contributed by atoms with van der Waals surface area (Å²) in [6.45, 7) is 6.65. The Kier molecular flexibility index (Phi) is 9.84. The minimum absolute atomic E-state index is 0.250. The van der Waals surface area contributed by atoms with Crippen molar-refractivity contribution >= 4 is 9.84 Å². The molecule has 0 fully saturated rings. The summed E-state index contributed by atoms with van der Waals surface area (Å²) in [5.41, 5.74) is 0. The van der Waals surface area contributed by atoms with Gasteiger partial charge in [0, 0.05) is 18.3 Å². The maximum absolute atomic E-state index is 11.3. The first kappa shape index (κ1) is 16.9. The van der Waals surface area contributed by atoms with Crippen LogP contribution < -0.4 is 5.32 Å². The average molecular weight is 263 g/mol. The average Bonchev–Trinajstić information content (AvgIpc) is 2.28. The standard InChI is InChI=1S/C13H29NO2S/c1-4-6-7-8-9-10-13(3)14-11-12-17(15,16)5-2/h13-14H,4-12H2,1-3H3. The quantitative estimate of drug-likeness (QED) is 0.583. The molecule has 0 aliphatic heterocycles. The van der Waals surface area contributed by atoms with E-state index in [1.807, 2.05) is 0 Å². The number of sulfone groups is 1. The van der Waals surface area contributed by atoms with Gasteiger partial charge in [0.2, 0.25) is 0 Å². The van der Waals surface area contributed by atoms with Crippen molar-refractivity contribution in [2.45, 2.75) is 65.3 Å². The molecule has 1 unspecified atom stereocenters. The number of unbranched alkanes of at least 4 members (excludes halogenated alkanes) is 4. The van der Waals surface area contributed by atoms with Crippen LogP contribution in [0.3, 0.4) is 0 Å². The van der Waals surface area contributed by atoms with Gasteiger partial charge in [0.1, 0.15) is 0 Å². The fourth-order valence-corrected chi connectivity index (χ4v) is 2.48. The normalized spacial score (nSPS) is 13.8. The lowest BCUT2D eigenvalue weighted by molar-refractivity contribution is 0.490. The van der Waals surface area contributed by atoms with Crippen LogP contribution in [0.4, 0.5) is 0 Å². The summed E-state index contributed by atoms with van der Waals surface area (Å²) < 4.78 is 22.5. The summed E-state index contributed by atoms with van der Waals surface area (Å²) in [4.78, 5) is 0. The number of hydrogen-bond acceptors (Lipinski definition) is 3. The van der Waals surface area contributed by atoms with E-state index in [0.717, 1.165) is 6.42 Å². The van der Waals surface area contributed by atoms with Crippen LogP contribution in [0.1, 0.15) is 59.3 Å². The van der Waals surface area contributed by atoms with E-state index in [4.69, 9.17) is 0 Å². The predicted octanol–water partition coefficient (Wildman–Crippen LogP) is 2.76. The molecule has 0 radical (unpaired) electrons. The van der Waals surface area contributed by atoms with Gasteiger partial charge < -0.3 is 5.32 Å². The third-order valence-corrected chi connectivity index (χ3v) is 4.79. The van der Waals surface area contributed by atoms with E-state index in [9.17, 15) is 8.42 Å². The molecule has 0 aromatic heterocycles. The summed E-state index contributed by atoms with van der Waals surface area (Å²) in [5.74, 6) is 0.518. The lowest BCUT2D eigenvalue weighted by Crippen LogP contribution is -2.31. The highest BCUT2D eigenvalue weighted by Crippen LogP contribution is 2.06. The highest BCUT2D eigenvalue weighted by Gasteiger charge is 2.07. The number of hydrogen-bond donors (Lipinski definition) is 1. The monoisotopic (exact) mass is 263 g/mol. The Balaban J connectivity index is 3.44. The van der Waals surface area contributed by atoms with E-state index < -0.39 is 9.84 Å². The molecule has 0 aliphatic carbocycles. The van der Waals surface area contributed by atoms with Crippen molar-refractivity contribution in [1.29, 1.82) is 0 Å². The van der Waals surface area contributed by atoms with E-state index in [1.165, 1.54) is 32.1 Å². The first-order valence-electron chi connectivity index (χ1n) is 6.95. The lowest BCUT2D eigenvalue weighted by atomic mass is 10.1. The molecule has 104 valence electrons. The third-order valence-electron chi connectivity index (χ3n) is 3.09. The van der Waals surface area contributed by atoms with Crippen LogP contribution in [0.5, 0.6) is 0 Å². The van der Waals surface area contributed by atoms with Gasteiger partial charge in [-0.15, -0.1) is 0 Å². The number of rotatable bonds is 11. The van der Waals surface area contributed by atoms with E-state index in [0.29, 0.717) is 12.6 Å². The van der Waals surface area contributed by atoms with Crippen LogP contribution in [-0.2, 0) is 9.84 Å². The number of nitrogens with one attached hydrogen (secondary N) is 1. The van der Waals surface area contributed by atoms with E-state index in [1.54, 1.807) is 6.92 Å². The Bertz CT molecular complexity index is 263. The molecule has 4 heteroatoms. The molecule has 0 spiro atoms. The molecule has 0 saturated carbocycles. The maximum atomic E-state index is 11.3. The van der Waals surface area contributed by atoms with Gasteiger partial charge >= 0.3 is 0 Å². The Morgan fingerprint density at radius 1 is 1.06 bits per heavy atom. The molecular weight excluding hydrogens is 234 g/mol. The SMILES string of the molecule is CCCCCCCC(C)NCCS(=O)(=O)CC. The molecule has 0 saturated heterocycles. The minimum Gasteiger partial charge on any atom is -0.313 e. The van der Waals surface area contributed by atoms with Crippen LogP contribution in [-0.4, -0.2) is 32.5 Å². The van der Waals surface area contributed by atoms with Gasteiger partial charge in [-0.05, 0) is 13.3 Å². The van der Waals surface area contributed by atoms with E-state index in [2.05, 4.69) is 19.2 Å². The maximum Gasteiger partial charge on any atom is 0.151 e. The Morgan fingerprint density at radius 3 is 2.29 bits per heavy atom. The zero-order valence-corrected chi connectivity index (χ0v) is 12.5. The van der Waals surface area contributed by atoms with Gasteiger partial charge in [-0.2, -0.15) is 0 Å². The molecule has 1 atom stereocenters. The smallest absolute Gasteiger partial charge is 0.151 e. The van der Waals surface area contributed by atoms with E-state index >= 15 is 0 Å². The van der Waals surface area contributed by atoms with Crippen molar-refractivity contribution in [2.24, 2.45) is 0 Å². The summed E-state index contributed by atoms with van der Waals surface area (Å²) in [7, 11) is -2.81. The molecule has 0 rings (SSSR count). The Hall–Kier alpha value is -0.0900. The molecule has 0 aliphatic rings. The predicted molar refractivity (Wildman–Crippen MR) is 75.2 cm³/mol. The van der Waals surface area contributed by atoms with Crippen molar-refractivity contribution < 1.29 is 8.42 Å². The highest BCUT2D eigenvalue weighted by molar-refractivity contribution is 7.91. The van der Waals surface area contributed by atoms with Crippen molar-refractivity contribution in [3.8, 4) is 0 Å². The summed E-state index contributed by atoms with van der Waals surface area (Å²) in [5, 5.41) is 3.28. The molecule has 0 heterocycles. The first-order chi connectivity index (χ1) is 8.02. The van der Waals surface area contributed by atoms with Crippen molar-refractivity contribution in [1.82, 2.24) is 5.32 Å². The van der Waals surface area contributed by atoms with Crippen molar-refractivity contribution in [3.05, 3.63) is 0 Å². The molecule has 0 aromatic carbocycles. The van der Waals surface area contributed by atoms with Gasteiger partial charge in [-0.3, -0.25) is 0 Å². The fourth-order valence-electron chi connectivity index (χ4n) is 1.76. The van der Waals surface area contributed by atoms with Crippen molar-refractivity contribution in [2.75, 3.05) is 18.1 Å². The van der Waals surface area contributed by atoms with Crippen molar-refractivity contribution in [3.63, 3.8) is 0 Å². The van der Waals surface area contributed by atoms with Gasteiger partial charge in [0.15, 0.2) is 9.84 Å². The zero-order chi connectivity index (χ0) is 13.1. The third kappa shape index (κ3) is 10.8. The second kappa shape index (κ2) is 9.89. The Morgan fingerprint density at radius 2 is 1.71 bits per heavy atom. The van der Waals surface area contributed by atoms with Crippen LogP contribution in [0.25, 0.3) is 0 Å². The summed E-state index contributed by atoms with van der Waals surface area (Å²) >= 11 is 0. The van der Waals surface area contributed by atoms with Gasteiger partial charge in [0.05, 0.1) is 5.75 Å². The second-order valence-electron chi connectivity index (χ2n) is 4.79. The molecule has 1 N–H and O–H groups in total. The highest BCUT2D eigenvalue weighted by atomic mass is 32.2. The topological polar surface area (TPSA) is 46.2 Å². The molecule has 0 aromatic rings. The molecule has 3 nitrogen and oxygen atoms in total. The lowest BCUT2D eigenvalue weighted by Gasteiger charge is -2.13. The molecule has 17 heavy (non-hydrogen) atoms. The van der Waals surface area contributed by atoms with Gasteiger partial charge in [-0.1, -0.05) is 46.0 Å². The van der Waals surface area contributed by atoms with Crippen LogP contribution in [0.2, 0.25) is 0 Å². The minimum atomic E-state index is -2.81. The van der Waals surface area contributed by atoms with Gasteiger partial charge in [0.25, 0.3) is 0 Å². The van der Waals surface area contributed by atoms with Crippen LogP contribution >= 0.6 is 0 Å². The van der Waals surface area contributed by atoms with Crippen LogP contribution in [0.15, 0.2) is 0 Å². The van der Waals surface area contributed by atoms with Gasteiger partial charge in [-0.25, -0.2) is 8.42 Å². The second-order valence-corrected chi connectivity index (χ2v) is 7.27. The van der Waals surface area contributed by atoms with E-state index in [-0.39, 0.29) is 11.5 Å². The molecule has 0 amide bonds. The summed E-state index contributed by atoms with van der Waals surface area (Å²) in [6.07, 6.45) is 7.63. The zero-order valence-electron chi connectivity index (χ0n) is 11.7. The first-order valence-corrected chi connectivity index (χ1v) is 8.77. The largest absolute Gasteiger partial charge is 0.313 e. The summed E-state index contributed by atoms with van der Waals surface area (Å²) in [6, 6.07) is 0.434. The fraction of sp³-hybridized carbons (Fsp3) is 1.00. The van der Waals surface area contributed by atoms with Crippen LogP contribution in [0, 0.1) is 0 Å². The Labute approximate surface area is 107 Å².